The topological polar surface area (TPSA) is 51.2 Å². The SMILES string of the molecule is CC(C)(C)c1csc(CC(=O)Nc2ccc(OC(F)(F)F)cc2)n1. The molecule has 2 aromatic rings. The van der Waals surface area contributed by atoms with Crippen LogP contribution in [0.25, 0.3) is 0 Å². The van der Waals surface area contributed by atoms with E-state index in [1.165, 1.54) is 23.5 Å². The highest BCUT2D eigenvalue weighted by Gasteiger charge is 2.31. The number of hydrogen-bond donors (Lipinski definition) is 1. The summed E-state index contributed by atoms with van der Waals surface area (Å²) in [4.78, 5) is 16.4. The van der Waals surface area contributed by atoms with Crippen molar-refractivity contribution in [2.75, 3.05) is 5.32 Å². The molecule has 0 spiro atoms. The van der Waals surface area contributed by atoms with E-state index in [-0.39, 0.29) is 23.5 Å². The van der Waals surface area contributed by atoms with Gasteiger partial charge in [0.05, 0.1) is 12.1 Å². The minimum Gasteiger partial charge on any atom is -0.406 e. The van der Waals surface area contributed by atoms with Crippen LogP contribution in [0.1, 0.15) is 31.5 Å². The zero-order valence-electron chi connectivity index (χ0n) is 13.4. The monoisotopic (exact) mass is 358 g/mol. The summed E-state index contributed by atoms with van der Waals surface area (Å²) >= 11 is 1.41. The van der Waals surface area contributed by atoms with Gasteiger partial charge in [-0.05, 0) is 24.3 Å². The van der Waals surface area contributed by atoms with Gasteiger partial charge in [-0.2, -0.15) is 0 Å². The molecule has 0 aliphatic rings. The van der Waals surface area contributed by atoms with Crippen LogP contribution in [0, 0.1) is 0 Å². The normalized spacial score (nSPS) is 12.1. The van der Waals surface area contributed by atoms with Crippen LogP contribution in [0.2, 0.25) is 0 Å². The summed E-state index contributed by atoms with van der Waals surface area (Å²) in [5.74, 6) is -0.621. The van der Waals surface area contributed by atoms with Crippen molar-refractivity contribution in [1.29, 1.82) is 0 Å². The molecule has 1 aromatic heterocycles. The molecule has 0 atom stereocenters. The Hall–Kier alpha value is -2.09. The fourth-order valence-electron chi connectivity index (χ4n) is 1.82. The average molecular weight is 358 g/mol. The molecule has 0 unspecified atom stereocenters. The van der Waals surface area contributed by atoms with Crippen molar-refractivity contribution in [2.24, 2.45) is 0 Å². The number of hydrogen-bond acceptors (Lipinski definition) is 4. The van der Waals surface area contributed by atoms with Gasteiger partial charge in [-0.25, -0.2) is 4.98 Å². The molecule has 24 heavy (non-hydrogen) atoms. The summed E-state index contributed by atoms with van der Waals surface area (Å²) in [7, 11) is 0. The number of nitrogens with zero attached hydrogens (tertiary/aromatic N) is 1. The highest BCUT2D eigenvalue weighted by Crippen LogP contribution is 2.25. The number of thiazole rings is 1. The van der Waals surface area contributed by atoms with E-state index >= 15 is 0 Å². The second-order valence-electron chi connectivity index (χ2n) is 6.17. The van der Waals surface area contributed by atoms with Crippen molar-refractivity contribution in [3.8, 4) is 5.75 Å². The van der Waals surface area contributed by atoms with Crippen molar-refractivity contribution < 1.29 is 22.7 Å². The van der Waals surface area contributed by atoms with Crippen LogP contribution in [-0.4, -0.2) is 17.3 Å². The molecule has 0 aliphatic carbocycles. The van der Waals surface area contributed by atoms with Gasteiger partial charge in [0.15, 0.2) is 0 Å². The number of anilines is 1. The summed E-state index contributed by atoms with van der Waals surface area (Å²) in [5.41, 5.74) is 1.23. The first-order chi connectivity index (χ1) is 11.0. The zero-order chi connectivity index (χ0) is 18.0. The standard InChI is InChI=1S/C16H17F3N2O2S/c1-15(2,3)12-9-24-14(21-12)8-13(22)20-10-4-6-11(7-5-10)23-16(17,18)19/h4-7,9H,8H2,1-3H3,(H,20,22). The number of rotatable bonds is 4. The van der Waals surface area contributed by atoms with Gasteiger partial charge in [-0.1, -0.05) is 20.8 Å². The van der Waals surface area contributed by atoms with E-state index in [0.29, 0.717) is 10.7 Å². The van der Waals surface area contributed by atoms with Gasteiger partial charge in [0.2, 0.25) is 5.91 Å². The first-order valence-corrected chi connectivity index (χ1v) is 8.01. The van der Waals surface area contributed by atoms with Gasteiger partial charge in [0.25, 0.3) is 0 Å². The molecule has 130 valence electrons. The van der Waals surface area contributed by atoms with Crippen molar-refractivity contribution in [3.63, 3.8) is 0 Å². The van der Waals surface area contributed by atoms with Crippen LogP contribution in [0.3, 0.4) is 0 Å². The van der Waals surface area contributed by atoms with E-state index in [4.69, 9.17) is 0 Å². The fourth-order valence-corrected chi connectivity index (χ4v) is 2.84. The smallest absolute Gasteiger partial charge is 0.406 e. The molecular weight excluding hydrogens is 341 g/mol. The second kappa shape index (κ2) is 6.80. The maximum Gasteiger partial charge on any atom is 0.573 e. The Morgan fingerprint density at radius 3 is 2.33 bits per heavy atom. The molecule has 1 heterocycles. The number of nitrogens with one attached hydrogen (secondary N) is 1. The Morgan fingerprint density at radius 1 is 1.21 bits per heavy atom. The van der Waals surface area contributed by atoms with Crippen LogP contribution in [0.15, 0.2) is 29.6 Å². The Balaban J connectivity index is 1.94. The largest absolute Gasteiger partial charge is 0.573 e. The molecule has 1 N–H and O–H groups in total. The van der Waals surface area contributed by atoms with E-state index in [1.807, 2.05) is 26.2 Å². The minimum atomic E-state index is -4.74. The van der Waals surface area contributed by atoms with Crippen LogP contribution in [-0.2, 0) is 16.6 Å². The first-order valence-electron chi connectivity index (χ1n) is 7.13. The summed E-state index contributed by atoms with van der Waals surface area (Å²) in [6.45, 7) is 6.11. The fraction of sp³-hybridized carbons (Fsp3) is 0.375. The third kappa shape index (κ3) is 5.52. The maximum atomic E-state index is 12.1. The van der Waals surface area contributed by atoms with Crippen LogP contribution in [0.5, 0.6) is 5.75 Å². The number of alkyl halides is 3. The average Bonchev–Trinajstić information content (AvgIpc) is 2.87. The number of amides is 1. The predicted octanol–water partition coefficient (Wildman–Crippen LogP) is 4.52. The molecule has 8 heteroatoms. The van der Waals surface area contributed by atoms with E-state index in [0.717, 1.165) is 17.8 Å². The van der Waals surface area contributed by atoms with Gasteiger partial charge in [-0.15, -0.1) is 24.5 Å². The van der Waals surface area contributed by atoms with Gasteiger partial charge >= 0.3 is 6.36 Å². The van der Waals surface area contributed by atoms with Crippen molar-refractivity contribution in [2.45, 2.75) is 39.0 Å². The molecule has 1 amide bonds. The second-order valence-corrected chi connectivity index (χ2v) is 7.12. The number of benzene rings is 1. The number of aromatic nitrogens is 1. The third-order valence-electron chi connectivity index (χ3n) is 3.00. The summed E-state index contributed by atoms with van der Waals surface area (Å²) in [6.07, 6.45) is -4.62. The van der Waals surface area contributed by atoms with E-state index in [2.05, 4.69) is 15.0 Å². The lowest BCUT2D eigenvalue weighted by molar-refractivity contribution is -0.274. The lowest BCUT2D eigenvalue weighted by Crippen LogP contribution is -2.17. The molecule has 0 fully saturated rings. The van der Waals surface area contributed by atoms with E-state index < -0.39 is 6.36 Å². The lowest BCUT2D eigenvalue weighted by atomic mass is 9.93. The molecule has 0 radical (unpaired) electrons. The van der Waals surface area contributed by atoms with Crippen molar-refractivity contribution in [1.82, 2.24) is 4.98 Å². The highest BCUT2D eigenvalue weighted by molar-refractivity contribution is 7.09. The Morgan fingerprint density at radius 2 is 1.83 bits per heavy atom. The summed E-state index contributed by atoms with van der Waals surface area (Å²) in [5, 5.41) is 5.23. The first kappa shape index (κ1) is 18.3. The predicted molar refractivity (Wildman–Crippen MR) is 86.3 cm³/mol. The Bertz CT molecular complexity index is 703. The van der Waals surface area contributed by atoms with Crippen LogP contribution >= 0.6 is 11.3 Å². The molecule has 0 bridgehead atoms. The molecule has 0 saturated carbocycles. The molecule has 2 rings (SSSR count). The summed E-state index contributed by atoms with van der Waals surface area (Å²) in [6, 6.07) is 4.98. The van der Waals surface area contributed by atoms with E-state index in [1.54, 1.807) is 0 Å². The van der Waals surface area contributed by atoms with Gasteiger partial charge in [-0.3, -0.25) is 4.79 Å². The number of halogens is 3. The maximum absolute atomic E-state index is 12.1. The Labute approximate surface area is 141 Å². The third-order valence-corrected chi connectivity index (χ3v) is 3.85. The summed E-state index contributed by atoms with van der Waals surface area (Å²) < 4.78 is 40.0. The molecule has 1 aromatic carbocycles. The molecule has 4 nitrogen and oxygen atoms in total. The minimum absolute atomic E-state index is 0.0838. The van der Waals surface area contributed by atoms with Gasteiger partial charge < -0.3 is 10.1 Å². The zero-order valence-corrected chi connectivity index (χ0v) is 14.2. The molecule has 0 aliphatic heterocycles. The Kier molecular flexibility index (Phi) is 5.17. The quantitative estimate of drug-likeness (QED) is 0.874. The number of ether oxygens (including phenoxy) is 1. The van der Waals surface area contributed by atoms with Crippen molar-refractivity contribution in [3.05, 3.63) is 40.3 Å². The van der Waals surface area contributed by atoms with Gasteiger partial charge in [0, 0.05) is 16.5 Å². The van der Waals surface area contributed by atoms with Crippen LogP contribution in [0.4, 0.5) is 18.9 Å². The van der Waals surface area contributed by atoms with Crippen molar-refractivity contribution >= 4 is 22.9 Å². The number of carbonyl (C=O) groups is 1. The molecule has 0 saturated heterocycles. The number of carbonyl (C=O) groups excluding carboxylic acids is 1. The van der Waals surface area contributed by atoms with Crippen LogP contribution < -0.4 is 10.1 Å². The molecular formula is C16H17F3N2O2S. The van der Waals surface area contributed by atoms with E-state index in [9.17, 15) is 18.0 Å². The lowest BCUT2D eigenvalue weighted by Gasteiger charge is -2.14. The van der Waals surface area contributed by atoms with Gasteiger partial charge in [0.1, 0.15) is 10.8 Å². The highest BCUT2D eigenvalue weighted by atomic mass is 32.1.